The van der Waals surface area contributed by atoms with Gasteiger partial charge in [-0.25, -0.2) is 4.39 Å². The van der Waals surface area contributed by atoms with E-state index in [0.29, 0.717) is 5.57 Å². The van der Waals surface area contributed by atoms with Crippen LogP contribution in [0.4, 0.5) is 15.8 Å². The summed E-state index contributed by atoms with van der Waals surface area (Å²) in [7, 11) is 1.50. The zero-order valence-electron chi connectivity index (χ0n) is 8.50. The van der Waals surface area contributed by atoms with Gasteiger partial charge in [-0.3, -0.25) is 10.1 Å². The lowest BCUT2D eigenvalue weighted by atomic mass is 10.1. The van der Waals surface area contributed by atoms with Crippen molar-refractivity contribution in [1.29, 1.82) is 0 Å². The molecule has 0 spiro atoms. The number of allylic oxidation sites excluding steroid dienone is 1. The van der Waals surface area contributed by atoms with Crippen LogP contribution < -0.4 is 5.32 Å². The molecule has 5 heteroatoms. The highest BCUT2D eigenvalue weighted by atomic mass is 19.1. The first-order chi connectivity index (χ1) is 6.97. The predicted molar refractivity (Wildman–Crippen MR) is 57.3 cm³/mol. The van der Waals surface area contributed by atoms with Gasteiger partial charge in [0.15, 0.2) is 0 Å². The van der Waals surface area contributed by atoms with Gasteiger partial charge in [0.1, 0.15) is 5.82 Å². The molecule has 1 aromatic rings. The number of hydrogen-bond acceptors (Lipinski definition) is 3. The molecule has 0 amide bonds. The highest BCUT2D eigenvalue weighted by Gasteiger charge is 2.18. The van der Waals surface area contributed by atoms with Crippen LogP contribution in [0.5, 0.6) is 0 Å². The predicted octanol–water partition coefficient (Wildman–Crippen LogP) is 2.81. The standard InChI is InChI=1S/C10H11FN2O2/c1-6(2)7-4-8(11)9(12-3)5-10(7)13(14)15/h4-5,12H,1H2,2-3H3. The van der Waals surface area contributed by atoms with Gasteiger partial charge in [-0.05, 0) is 18.6 Å². The molecule has 15 heavy (non-hydrogen) atoms. The molecule has 0 atom stereocenters. The Morgan fingerprint density at radius 2 is 2.20 bits per heavy atom. The van der Waals surface area contributed by atoms with Crippen LogP contribution in [-0.2, 0) is 0 Å². The Balaban J connectivity index is 3.45. The normalized spacial score (nSPS) is 9.80. The van der Waals surface area contributed by atoms with Crippen molar-refractivity contribution in [1.82, 2.24) is 0 Å². The van der Waals surface area contributed by atoms with Gasteiger partial charge in [-0.1, -0.05) is 6.58 Å². The number of nitrogens with zero attached hydrogens (tertiary/aromatic N) is 1. The number of hydrogen-bond donors (Lipinski definition) is 1. The van der Waals surface area contributed by atoms with Gasteiger partial charge >= 0.3 is 0 Å². The fraction of sp³-hybridized carbons (Fsp3) is 0.200. The Bertz CT molecular complexity index is 430. The smallest absolute Gasteiger partial charge is 0.279 e. The fourth-order valence-corrected chi connectivity index (χ4v) is 1.25. The van der Waals surface area contributed by atoms with Crippen molar-refractivity contribution in [3.63, 3.8) is 0 Å². The lowest BCUT2D eigenvalue weighted by Gasteiger charge is -2.06. The molecule has 0 bridgehead atoms. The molecule has 4 nitrogen and oxygen atoms in total. The average molecular weight is 210 g/mol. The van der Waals surface area contributed by atoms with Gasteiger partial charge < -0.3 is 5.32 Å². The second kappa shape index (κ2) is 4.08. The summed E-state index contributed by atoms with van der Waals surface area (Å²) in [6, 6.07) is 2.28. The molecule has 0 fully saturated rings. The van der Waals surface area contributed by atoms with Gasteiger partial charge in [0, 0.05) is 13.1 Å². The molecule has 0 unspecified atom stereocenters. The number of benzene rings is 1. The van der Waals surface area contributed by atoms with E-state index in [4.69, 9.17) is 0 Å². The minimum atomic E-state index is -0.551. The minimum Gasteiger partial charge on any atom is -0.386 e. The first kappa shape index (κ1) is 11.2. The van der Waals surface area contributed by atoms with Crippen LogP contribution in [0.1, 0.15) is 12.5 Å². The summed E-state index contributed by atoms with van der Waals surface area (Å²) < 4.78 is 13.3. The van der Waals surface area contributed by atoms with Crippen LogP contribution in [-0.4, -0.2) is 12.0 Å². The van der Waals surface area contributed by atoms with E-state index in [0.717, 1.165) is 6.07 Å². The Morgan fingerprint density at radius 3 is 2.60 bits per heavy atom. The maximum atomic E-state index is 13.3. The van der Waals surface area contributed by atoms with Crippen LogP contribution >= 0.6 is 0 Å². The van der Waals surface area contributed by atoms with Crippen LogP contribution in [0.2, 0.25) is 0 Å². The van der Waals surface area contributed by atoms with E-state index < -0.39 is 10.7 Å². The molecule has 0 aliphatic rings. The van der Waals surface area contributed by atoms with E-state index in [1.807, 2.05) is 0 Å². The number of rotatable bonds is 3. The third-order valence-corrected chi connectivity index (χ3v) is 2.01. The molecule has 0 radical (unpaired) electrons. The molecule has 0 aliphatic heterocycles. The van der Waals surface area contributed by atoms with E-state index in [1.54, 1.807) is 6.92 Å². The summed E-state index contributed by atoms with van der Waals surface area (Å²) >= 11 is 0. The molecule has 0 aliphatic carbocycles. The maximum Gasteiger partial charge on any atom is 0.279 e. The zero-order chi connectivity index (χ0) is 11.6. The zero-order valence-corrected chi connectivity index (χ0v) is 8.50. The third kappa shape index (κ3) is 2.12. The fourth-order valence-electron chi connectivity index (χ4n) is 1.25. The number of nitrogens with one attached hydrogen (secondary N) is 1. The quantitative estimate of drug-likeness (QED) is 0.616. The monoisotopic (exact) mass is 210 g/mol. The summed E-state index contributed by atoms with van der Waals surface area (Å²) in [5.74, 6) is -0.527. The summed E-state index contributed by atoms with van der Waals surface area (Å²) in [6.07, 6.45) is 0. The van der Waals surface area contributed by atoms with Crippen LogP contribution in [0.3, 0.4) is 0 Å². The molecular weight excluding hydrogens is 199 g/mol. The highest BCUT2D eigenvalue weighted by Crippen LogP contribution is 2.30. The largest absolute Gasteiger partial charge is 0.386 e. The van der Waals surface area contributed by atoms with Crippen LogP contribution in [0.15, 0.2) is 18.7 Å². The molecule has 0 saturated carbocycles. The summed E-state index contributed by atoms with van der Waals surface area (Å²) in [5.41, 5.74) is 0.639. The van der Waals surface area contributed by atoms with Gasteiger partial charge in [-0.2, -0.15) is 0 Å². The first-order valence-electron chi connectivity index (χ1n) is 4.29. The van der Waals surface area contributed by atoms with Crippen molar-refractivity contribution in [3.05, 3.63) is 40.2 Å². The Morgan fingerprint density at radius 1 is 1.60 bits per heavy atom. The number of halogens is 1. The molecule has 1 aromatic carbocycles. The summed E-state index contributed by atoms with van der Waals surface area (Å²) in [5, 5.41) is 13.3. The van der Waals surface area contributed by atoms with E-state index >= 15 is 0 Å². The lowest BCUT2D eigenvalue weighted by molar-refractivity contribution is -0.385. The van der Waals surface area contributed by atoms with E-state index in [1.165, 1.54) is 13.1 Å². The van der Waals surface area contributed by atoms with Crippen molar-refractivity contribution < 1.29 is 9.31 Å². The van der Waals surface area contributed by atoms with Gasteiger partial charge in [0.2, 0.25) is 0 Å². The van der Waals surface area contributed by atoms with E-state index in [9.17, 15) is 14.5 Å². The van der Waals surface area contributed by atoms with Gasteiger partial charge in [0.05, 0.1) is 16.2 Å². The average Bonchev–Trinajstić information content (AvgIpc) is 2.16. The second-order valence-electron chi connectivity index (χ2n) is 3.14. The van der Waals surface area contributed by atoms with Gasteiger partial charge in [-0.15, -0.1) is 0 Å². The van der Waals surface area contributed by atoms with Crippen molar-refractivity contribution in [2.24, 2.45) is 0 Å². The van der Waals surface area contributed by atoms with E-state index in [2.05, 4.69) is 11.9 Å². The van der Waals surface area contributed by atoms with Crippen molar-refractivity contribution in [3.8, 4) is 0 Å². The molecule has 0 saturated heterocycles. The number of nitro benzene ring substituents is 1. The SMILES string of the molecule is C=C(C)c1cc(F)c(NC)cc1[N+](=O)[O-]. The molecular formula is C10H11FN2O2. The number of nitro groups is 1. The van der Waals surface area contributed by atoms with Crippen LogP contribution in [0.25, 0.3) is 5.57 Å². The van der Waals surface area contributed by atoms with E-state index in [-0.39, 0.29) is 16.9 Å². The molecule has 80 valence electrons. The molecule has 1 rings (SSSR count). The second-order valence-corrected chi connectivity index (χ2v) is 3.14. The third-order valence-electron chi connectivity index (χ3n) is 2.01. The first-order valence-corrected chi connectivity index (χ1v) is 4.29. The summed E-state index contributed by atoms with van der Waals surface area (Å²) in [6.45, 7) is 5.17. The van der Waals surface area contributed by atoms with Crippen molar-refractivity contribution in [2.75, 3.05) is 12.4 Å². The molecule has 0 aromatic heterocycles. The topological polar surface area (TPSA) is 55.2 Å². The minimum absolute atomic E-state index is 0.103. The van der Waals surface area contributed by atoms with Crippen molar-refractivity contribution in [2.45, 2.75) is 6.92 Å². The highest BCUT2D eigenvalue weighted by molar-refractivity contribution is 5.73. The lowest BCUT2D eigenvalue weighted by Crippen LogP contribution is -1.99. The van der Waals surface area contributed by atoms with Gasteiger partial charge in [0.25, 0.3) is 5.69 Å². The Kier molecular flexibility index (Phi) is 3.04. The van der Waals surface area contributed by atoms with Crippen molar-refractivity contribution >= 4 is 16.9 Å². The van der Waals surface area contributed by atoms with Crippen LogP contribution in [0, 0.1) is 15.9 Å². The molecule has 0 heterocycles. The molecule has 1 N–H and O–H groups in total. The maximum absolute atomic E-state index is 13.3. The Labute approximate surface area is 86.6 Å². The Hall–Kier alpha value is -1.91. The summed E-state index contributed by atoms with van der Waals surface area (Å²) in [4.78, 5) is 10.2. The number of anilines is 1.